The molecule has 6 aliphatic rings. The summed E-state index contributed by atoms with van der Waals surface area (Å²) in [5.41, 5.74) is 6.47. The first-order valence-electron chi connectivity index (χ1n) is 8.91. The molecule has 0 aromatic heterocycles. The summed E-state index contributed by atoms with van der Waals surface area (Å²) in [6.07, 6.45) is 8.49. The number of aliphatic imine (C=N–C) groups is 1. The first kappa shape index (κ1) is 14.9. The van der Waals surface area contributed by atoms with E-state index >= 15 is 0 Å². The van der Waals surface area contributed by atoms with Crippen LogP contribution >= 0.6 is 27.7 Å². The summed E-state index contributed by atoms with van der Waals surface area (Å²) in [4.78, 5) is 30.5. The number of allylic oxidation sites excluding steroid dienone is 7. The van der Waals surface area contributed by atoms with E-state index in [1.807, 2.05) is 11.8 Å². The molecule has 2 aliphatic heterocycles. The van der Waals surface area contributed by atoms with Gasteiger partial charge in [0, 0.05) is 45.6 Å². The van der Waals surface area contributed by atoms with Crippen molar-refractivity contribution >= 4 is 45.0 Å². The van der Waals surface area contributed by atoms with Gasteiger partial charge in [-0.2, -0.15) is 11.8 Å². The van der Waals surface area contributed by atoms with E-state index in [0.717, 1.165) is 54.7 Å². The summed E-state index contributed by atoms with van der Waals surface area (Å²) in [5.74, 6) is 0.441. The van der Waals surface area contributed by atoms with Gasteiger partial charge in [-0.25, -0.2) is 0 Å². The minimum Gasteiger partial charge on any atom is -0.294 e. The van der Waals surface area contributed by atoms with Crippen LogP contribution in [-0.2, 0) is 9.59 Å². The summed E-state index contributed by atoms with van der Waals surface area (Å²) in [6.45, 7) is 0.810. The molecule has 0 aromatic carbocycles. The van der Waals surface area contributed by atoms with Gasteiger partial charge >= 0.3 is 0 Å². The molecule has 1 spiro atoms. The van der Waals surface area contributed by atoms with Crippen LogP contribution in [0.25, 0.3) is 0 Å². The monoisotopic (exact) mass is 413 g/mol. The van der Waals surface area contributed by atoms with Crippen molar-refractivity contribution in [3.8, 4) is 0 Å². The Morgan fingerprint density at radius 1 is 1.24 bits per heavy atom. The molecule has 2 bridgehead atoms. The largest absolute Gasteiger partial charge is 0.294 e. The summed E-state index contributed by atoms with van der Waals surface area (Å²) in [5, 5.41) is 0.683. The molecule has 126 valence electrons. The highest BCUT2D eigenvalue weighted by atomic mass is 79.9. The van der Waals surface area contributed by atoms with Crippen LogP contribution < -0.4 is 0 Å². The average Bonchev–Trinajstić information content (AvgIpc) is 3.13. The third kappa shape index (κ3) is 1.72. The van der Waals surface area contributed by atoms with Crippen molar-refractivity contribution in [2.24, 2.45) is 10.4 Å². The number of hydrogen-bond acceptors (Lipinski definition) is 4. The fraction of sp³-hybridized carbons (Fsp3) is 0.450. The molecule has 0 radical (unpaired) electrons. The van der Waals surface area contributed by atoms with Crippen LogP contribution in [0.15, 0.2) is 49.5 Å². The number of hydrogen-bond donors (Lipinski definition) is 0. The molecule has 0 aromatic rings. The lowest BCUT2D eigenvalue weighted by Gasteiger charge is -2.43. The number of carbonyl (C=O) groups excluding carboxylic acids is 2. The lowest BCUT2D eigenvalue weighted by Crippen LogP contribution is -2.43. The van der Waals surface area contributed by atoms with E-state index < -0.39 is 0 Å². The molecule has 3 atom stereocenters. The zero-order chi connectivity index (χ0) is 16.9. The van der Waals surface area contributed by atoms with Crippen molar-refractivity contribution in [3.63, 3.8) is 0 Å². The Kier molecular flexibility index (Phi) is 2.83. The number of halogens is 1. The van der Waals surface area contributed by atoms with Gasteiger partial charge in [-0.3, -0.25) is 14.6 Å². The van der Waals surface area contributed by atoms with Crippen LogP contribution in [0.4, 0.5) is 0 Å². The molecular formula is C20H16BrNO2S. The minimum absolute atomic E-state index is 0.187. The van der Waals surface area contributed by atoms with Gasteiger partial charge in [0.15, 0.2) is 11.6 Å². The summed E-state index contributed by atoms with van der Waals surface area (Å²) in [6, 6.07) is 0. The van der Waals surface area contributed by atoms with E-state index in [2.05, 4.69) is 28.1 Å². The van der Waals surface area contributed by atoms with Gasteiger partial charge in [-0.05, 0) is 52.8 Å². The molecule has 5 heteroatoms. The molecule has 1 saturated heterocycles. The Bertz CT molecular complexity index is 951. The van der Waals surface area contributed by atoms with Crippen LogP contribution in [0.5, 0.6) is 0 Å². The zero-order valence-electron chi connectivity index (χ0n) is 13.6. The molecule has 2 heterocycles. The molecular weight excluding hydrogens is 398 g/mol. The predicted molar refractivity (Wildman–Crippen MR) is 102 cm³/mol. The Morgan fingerprint density at radius 3 is 3.00 bits per heavy atom. The van der Waals surface area contributed by atoms with Gasteiger partial charge in [0.05, 0.1) is 10.2 Å². The molecule has 0 N–H and O–H groups in total. The van der Waals surface area contributed by atoms with Crippen molar-refractivity contribution in [1.82, 2.24) is 0 Å². The van der Waals surface area contributed by atoms with Crippen molar-refractivity contribution in [2.45, 2.75) is 42.6 Å². The Morgan fingerprint density at radius 2 is 2.12 bits per heavy atom. The van der Waals surface area contributed by atoms with Gasteiger partial charge in [0.25, 0.3) is 0 Å². The van der Waals surface area contributed by atoms with Crippen LogP contribution in [0.2, 0.25) is 0 Å². The maximum atomic E-state index is 13.3. The second kappa shape index (κ2) is 4.74. The summed E-state index contributed by atoms with van der Waals surface area (Å²) >= 11 is 5.42. The van der Waals surface area contributed by atoms with Gasteiger partial charge in [-0.1, -0.05) is 12.2 Å². The number of nitrogens with zero attached hydrogens (tertiary/aromatic N) is 1. The smallest absolute Gasteiger partial charge is 0.186 e. The number of Topliss-reactive ketones (excluding diaryl/α,β-unsaturated/α-hetero) is 2. The highest BCUT2D eigenvalue weighted by Crippen LogP contribution is 2.64. The number of thioether (sulfide) groups is 1. The Labute approximate surface area is 158 Å². The maximum absolute atomic E-state index is 13.3. The van der Waals surface area contributed by atoms with E-state index in [1.165, 1.54) is 11.1 Å². The molecule has 3 nitrogen and oxygen atoms in total. The third-order valence-electron chi connectivity index (χ3n) is 6.57. The van der Waals surface area contributed by atoms with E-state index in [4.69, 9.17) is 4.99 Å². The molecule has 1 fully saturated rings. The highest BCUT2D eigenvalue weighted by molar-refractivity contribution is 9.12. The number of rotatable bonds is 0. The van der Waals surface area contributed by atoms with Crippen molar-refractivity contribution in [2.75, 3.05) is 6.54 Å². The molecule has 2 unspecified atom stereocenters. The fourth-order valence-corrected chi connectivity index (χ4v) is 8.05. The molecule has 0 saturated carbocycles. The average molecular weight is 414 g/mol. The normalized spacial score (nSPS) is 38.2. The van der Waals surface area contributed by atoms with Gasteiger partial charge in [0.1, 0.15) is 0 Å². The van der Waals surface area contributed by atoms with E-state index in [-0.39, 0.29) is 22.2 Å². The van der Waals surface area contributed by atoms with E-state index in [1.54, 1.807) is 0 Å². The zero-order valence-corrected chi connectivity index (χ0v) is 16.0. The quantitative estimate of drug-likeness (QED) is 0.566. The first-order valence-corrected chi connectivity index (χ1v) is 10.6. The van der Waals surface area contributed by atoms with E-state index in [0.29, 0.717) is 16.2 Å². The first-order chi connectivity index (χ1) is 12.1. The molecule has 25 heavy (non-hydrogen) atoms. The number of ketones is 2. The van der Waals surface area contributed by atoms with E-state index in [9.17, 15) is 9.59 Å². The van der Waals surface area contributed by atoms with Crippen LogP contribution in [0, 0.1) is 5.41 Å². The number of fused-ring (bicyclic) bond motifs is 2. The van der Waals surface area contributed by atoms with Crippen molar-refractivity contribution < 1.29 is 9.59 Å². The second-order valence-electron chi connectivity index (χ2n) is 7.76. The Balaban J connectivity index is 1.64. The standard InChI is InChI=1S/C20H16BrNO2S/c21-13-8-20-7-10(25-15(20)6-14(13)23)5-12-17(20)18-16-9(3-4-22-18)1-2-11(16)19(12)24/h1,8,10,15H,2-7H2/t10?,15?,20-/m1/s1. The highest BCUT2D eigenvalue weighted by Gasteiger charge is 2.59. The van der Waals surface area contributed by atoms with Crippen molar-refractivity contribution in [1.29, 1.82) is 0 Å². The van der Waals surface area contributed by atoms with Crippen molar-refractivity contribution in [3.05, 3.63) is 44.5 Å². The Hall–Kier alpha value is -1.20. The lowest BCUT2D eigenvalue weighted by atomic mass is 9.60. The van der Waals surface area contributed by atoms with Gasteiger partial charge in [0.2, 0.25) is 0 Å². The SMILES string of the molecule is O=C1CC2SC3CC4=C(C5=NCCC6=CCC(=C65)C4=O)[C@@]2(C=C1Br)C3. The minimum atomic E-state index is -0.201. The van der Waals surface area contributed by atoms with Gasteiger partial charge < -0.3 is 0 Å². The van der Waals surface area contributed by atoms with Crippen LogP contribution in [-0.4, -0.2) is 34.3 Å². The predicted octanol–water partition coefficient (Wildman–Crippen LogP) is 3.85. The van der Waals surface area contributed by atoms with Gasteiger partial charge in [-0.15, -0.1) is 0 Å². The molecule has 6 rings (SSSR count). The maximum Gasteiger partial charge on any atom is 0.186 e. The van der Waals surface area contributed by atoms with Crippen LogP contribution in [0.3, 0.4) is 0 Å². The summed E-state index contributed by atoms with van der Waals surface area (Å²) < 4.78 is 0.685. The summed E-state index contributed by atoms with van der Waals surface area (Å²) in [7, 11) is 0. The third-order valence-corrected chi connectivity index (χ3v) is 8.87. The fourth-order valence-electron chi connectivity index (χ4n) is 5.61. The lowest BCUT2D eigenvalue weighted by molar-refractivity contribution is -0.115. The molecule has 4 aliphatic carbocycles. The second-order valence-corrected chi connectivity index (χ2v) is 10.1. The number of carbonyl (C=O) groups is 2. The molecule has 0 amide bonds. The van der Waals surface area contributed by atoms with Crippen LogP contribution in [0.1, 0.15) is 32.1 Å². The topological polar surface area (TPSA) is 46.5 Å².